The van der Waals surface area contributed by atoms with E-state index < -0.39 is 0 Å². The quantitative estimate of drug-likeness (QED) is 0.772. The molecule has 0 saturated heterocycles. The first-order chi connectivity index (χ1) is 7.70. The normalized spacial score (nSPS) is 28.6. The predicted octanol–water partition coefficient (Wildman–Crippen LogP) is 3.50. The smallest absolute Gasteiger partial charge is 0.128 e. The van der Waals surface area contributed by atoms with Crippen molar-refractivity contribution in [2.24, 2.45) is 0 Å². The van der Waals surface area contributed by atoms with E-state index in [1.807, 2.05) is 31.2 Å². The van der Waals surface area contributed by atoms with Gasteiger partial charge in [-0.15, -0.1) is 11.6 Å². The second-order valence-corrected chi connectivity index (χ2v) is 4.78. The molecule has 0 aromatic heterocycles. The minimum atomic E-state index is 0.00217. The molecule has 1 saturated carbocycles. The number of hydrogen-bond acceptors (Lipinski definition) is 2. The van der Waals surface area contributed by atoms with Crippen LogP contribution in [0.5, 0.6) is 5.75 Å². The molecule has 1 aliphatic carbocycles. The fraction of sp³-hybridized carbons (Fsp3) is 0.500. The molecule has 3 atom stereocenters. The third-order valence-corrected chi connectivity index (χ3v) is 3.32. The van der Waals surface area contributed by atoms with Crippen LogP contribution in [0.2, 0.25) is 5.02 Å². The summed E-state index contributed by atoms with van der Waals surface area (Å²) in [7, 11) is 0. The van der Waals surface area contributed by atoms with E-state index in [4.69, 9.17) is 32.7 Å². The van der Waals surface area contributed by atoms with Crippen molar-refractivity contribution in [2.45, 2.75) is 30.9 Å². The van der Waals surface area contributed by atoms with Crippen LogP contribution in [0.1, 0.15) is 13.3 Å². The number of rotatable bonds is 4. The number of hydrogen-bond donors (Lipinski definition) is 0. The van der Waals surface area contributed by atoms with Crippen LogP contribution in [0.4, 0.5) is 0 Å². The van der Waals surface area contributed by atoms with Gasteiger partial charge in [0.25, 0.3) is 0 Å². The zero-order valence-corrected chi connectivity index (χ0v) is 10.5. The lowest BCUT2D eigenvalue weighted by Crippen LogP contribution is -2.52. The van der Waals surface area contributed by atoms with Crippen molar-refractivity contribution in [3.8, 4) is 5.75 Å². The number of benzene rings is 1. The zero-order valence-electron chi connectivity index (χ0n) is 9.03. The van der Waals surface area contributed by atoms with Gasteiger partial charge >= 0.3 is 0 Å². The van der Waals surface area contributed by atoms with Gasteiger partial charge in [0.2, 0.25) is 0 Å². The molecule has 1 aromatic rings. The van der Waals surface area contributed by atoms with Crippen molar-refractivity contribution in [1.29, 1.82) is 0 Å². The second kappa shape index (κ2) is 5.26. The molecule has 0 bridgehead atoms. The molecule has 2 nitrogen and oxygen atoms in total. The zero-order chi connectivity index (χ0) is 11.5. The van der Waals surface area contributed by atoms with E-state index >= 15 is 0 Å². The molecule has 1 aliphatic rings. The molecule has 1 fully saturated rings. The van der Waals surface area contributed by atoms with Crippen molar-refractivity contribution in [3.05, 3.63) is 29.3 Å². The van der Waals surface area contributed by atoms with Gasteiger partial charge in [-0.1, -0.05) is 11.6 Å². The van der Waals surface area contributed by atoms with Crippen LogP contribution in [0.3, 0.4) is 0 Å². The lowest BCUT2D eigenvalue weighted by atomic mass is 9.91. The van der Waals surface area contributed by atoms with Gasteiger partial charge in [0.05, 0.1) is 5.38 Å². The Hall–Kier alpha value is -0.440. The fourth-order valence-electron chi connectivity index (χ4n) is 1.73. The van der Waals surface area contributed by atoms with Crippen molar-refractivity contribution in [1.82, 2.24) is 0 Å². The van der Waals surface area contributed by atoms with Crippen LogP contribution in [-0.2, 0) is 4.74 Å². The number of ether oxygens (including phenoxy) is 2. The van der Waals surface area contributed by atoms with Crippen molar-refractivity contribution < 1.29 is 9.47 Å². The molecule has 0 heterocycles. The molecule has 4 heteroatoms. The summed E-state index contributed by atoms with van der Waals surface area (Å²) in [6.45, 7) is 2.62. The highest BCUT2D eigenvalue weighted by molar-refractivity contribution is 6.30. The van der Waals surface area contributed by atoms with Crippen LogP contribution in [-0.4, -0.2) is 24.2 Å². The fourth-order valence-corrected chi connectivity index (χ4v) is 2.27. The molecule has 0 aliphatic heterocycles. The summed E-state index contributed by atoms with van der Waals surface area (Å²) in [5, 5.41) is 0.773. The molecule has 3 unspecified atom stereocenters. The van der Waals surface area contributed by atoms with Gasteiger partial charge in [-0.25, -0.2) is 0 Å². The van der Waals surface area contributed by atoms with Crippen molar-refractivity contribution in [3.63, 3.8) is 0 Å². The molecule has 2 rings (SSSR count). The van der Waals surface area contributed by atoms with Gasteiger partial charge in [-0.3, -0.25) is 0 Å². The molecule has 0 amide bonds. The molecular weight excluding hydrogens is 247 g/mol. The first-order valence-electron chi connectivity index (χ1n) is 5.38. The Bertz CT molecular complexity index is 339. The number of alkyl halides is 1. The highest BCUT2D eigenvalue weighted by Crippen LogP contribution is 2.33. The molecule has 0 N–H and O–H groups in total. The monoisotopic (exact) mass is 260 g/mol. The minimum absolute atomic E-state index is 0.00217. The predicted molar refractivity (Wildman–Crippen MR) is 65.5 cm³/mol. The summed E-state index contributed by atoms with van der Waals surface area (Å²) in [4.78, 5) is 0. The van der Waals surface area contributed by atoms with Gasteiger partial charge in [0, 0.05) is 18.1 Å². The summed E-state index contributed by atoms with van der Waals surface area (Å²) in [6, 6.07) is 7.33. The highest BCUT2D eigenvalue weighted by atomic mass is 35.5. The average Bonchev–Trinajstić information content (AvgIpc) is 2.28. The van der Waals surface area contributed by atoms with E-state index in [9.17, 15) is 0 Å². The summed E-state index contributed by atoms with van der Waals surface area (Å²) >= 11 is 11.9. The topological polar surface area (TPSA) is 18.5 Å². The summed E-state index contributed by atoms with van der Waals surface area (Å²) in [5.41, 5.74) is 0. The molecule has 88 valence electrons. The first-order valence-corrected chi connectivity index (χ1v) is 6.20. The van der Waals surface area contributed by atoms with Crippen LogP contribution in [0.25, 0.3) is 0 Å². The van der Waals surface area contributed by atoms with E-state index in [-0.39, 0.29) is 17.6 Å². The maximum Gasteiger partial charge on any atom is 0.128 e. The van der Waals surface area contributed by atoms with E-state index in [1.165, 1.54) is 0 Å². The van der Waals surface area contributed by atoms with Crippen LogP contribution < -0.4 is 4.74 Å². The van der Waals surface area contributed by atoms with E-state index in [0.717, 1.165) is 12.2 Å². The Morgan fingerprint density at radius 1 is 1.31 bits per heavy atom. The highest BCUT2D eigenvalue weighted by Gasteiger charge is 2.42. The molecule has 16 heavy (non-hydrogen) atoms. The lowest BCUT2D eigenvalue weighted by molar-refractivity contribution is -0.0759. The van der Waals surface area contributed by atoms with Crippen molar-refractivity contribution in [2.75, 3.05) is 6.61 Å². The van der Waals surface area contributed by atoms with E-state index in [1.54, 1.807) is 0 Å². The minimum Gasteiger partial charge on any atom is -0.488 e. The molecule has 0 radical (unpaired) electrons. The van der Waals surface area contributed by atoms with Gasteiger partial charge in [-0.05, 0) is 31.2 Å². The van der Waals surface area contributed by atoms with Crippen LogP contribution >= 0.6 is 23.2 Å². The first kappa shape index (κ1) is 12.0. The Balaban J connectivity index is 1.92. The van der Waals surface area contributed by atoms with Gasteiger partial charge in [-0.2, -0.15) is 0 Å². The largest absolute Gasteiger partial charge is 0.488 e. The van der Waals surface area contributed by atoms with E-state index in [0.29, 0.717) is 11.6 Å². The number of halogens is 2. The summed E-state index contributed by atoms with van der Waals surface area (Å²) in [5.74, 6) is 0.808. The molecule has 0 spiro atoms. The van der Waals surface area contributed by atoms with Crippen molar-refractivity contribution >= 4 is 23.2 Å². The van der Waals surface area contributed by atoms with Crippen LogP contribution in [0, 0.1) is 0 Å². The lowest BCUT2D eigenvalue weighted by Gasteiger charge is -2.40. The van der Waals surface area contributed by atoms with Gasteiger partial charge < -0.3 is 9.47 Å². The summed E-state index contributed by atoms with van der Waals surface area (Å²) < 4.78 is 11.3. The maximum atomic E-state index is 6.05. The maximum absolute atomic E-state index is 6.05. The SMILES string of the molecule is CCOC1C(Cl)CC1Oc1ccc(Cl)cc1. The molecular formula is C12H14Cl2O2. The standard InChI is InChI=1S/C12H14Cl2O2/c1-2-15-12-10(14)7-11(12)16-9-5-3-8(13)4-6-9/h3-6,10-12H,2,7H2,1H3. The molecule has 1 aromatic carbocycles. The second-order valence-electron chi connectivity index (χ2n) is 3.78. The van der Waals surface area contributed by atoms with Crippen LogP contribution in [0.15, 0.2) is 24.3 Å². The Kier molecular flexibility index (Phi) is 3.95. The Morgan fingerprint density at radius 3 is 2.56 bits per heavy atom. The average molecular weight is 261 g/mol. The van der Waals surface area contributed by atoms with E-state index in [2.05, 4.69) is 0 Å². The summed E-state index contributed by atoms with van der Waals surface area (Å²) in [6.07, 6.45) is 0.889. The Labute approximate surface area is 105 Å². The van der Waals surface area contributed by atoms with Gasteiger partial charge in [0.1, 0.15) is 18.0 Å². The van der Waals surface area contributed by atoms with Gasteiger partial charge in [0.15, 0.2) is 0 Å². The third kappa shape index (κ3) is 2.62. The Morgan fingerprint density at radius 2 is 2.00 bits per heavy atom. The third-order valence-electron chi connectivity index (χ3n) is 2.64.